The monoisotopic (exact) mass is 526 g/mol. The van der Waals surface area contributed by atoms with Gasteiger partial charge in [0.05, 0.1) is 11.3 Å². The number of non-ortho nitro benzene ring substituents is 1. The Balaban J connectivity index is 1.36. The molecule has 200 valence electrons. The van der Waals surface area contributed by atoms with Crippen molar-refractivity contribution in [2.75, 3.05) is 23.4 Å². The topological polar surface area (TPSA) is 104 Å². The molecule has 1 saturated heterocycles. The summed E-state index contributed by atoms with van der Waals surface area (Å²) < 4.78 is 0. The van der Waals surface area contributed by atoms with E-state index < -0.39 is 11.0 Å². The molecule has 0 radical (unpaired) electrons. The Morgan fingerprint density at radius 2 is 1.67 bits per heavy atom. The maximum atomic E-state index is 13.8. The highest BCUT2D eigenvalue weighted by atomic mass is 16.6. The third-order valence-corrected chi connectivity index (χ3v) is 7.56. The van der Waals surface area contributed by atoms with Gasteiger partial charge in [0, 0.05) is 56.5 Å². The molecule has 2 aliphatic rings. The molecule has 5 rings (SSSR count). The molecule has 1 atom stereocenters. The van der Waals surface area contributed by atoms with E-state index in [9.17, 15) is 24.5 Å². The van der Waals surface area contributed by atoms with Crippen LogP contribution in [-0.2, 0) is 33.8 Å². The summed E-state index contributed by atoms with van der Waals surface area (Å²) in [6, 6.07) is 20.4. The number of nitrogens with zero attached hydrogens (tertiary/aromatic N) is 4. The molecule has 0 N–H and O–H groups in total. The van der Waals surface area contributed by atoms with Crippen molar-refractivity contribution in [3.63, 3.8) is 0 Å². The number of piperidine rings is 1. The van der Waals surface area contributed by atoms with Gasteiger partial charge in [0.1, 0.15) is 6.04 Å². The van der Waals surface area contributed by atoms with Gasteiger partial charge in [-0.3, -0.25) is 24.5 Å². The lowest BCUT2D eigenvalue weighted by Crippen LogP contribution is -2.53. The summed E-state index contributed by atoms with van der Waals surface area (Å²) in [7, 11) is 1.70. The molecule has 3 aromatic rings. The molecule has 2 aliphatic heterocycles. The van der Waals surface area contributed by atoms with Crippen LogP contribution in [0.25, 0.3) is 0 Å². The number of amides is 3. The van der Waals surface area contributed by atoms with Crippen LogP contribution in [0.1, 0.15) is 36.0 Å². The molecular weight excluding hydrogens is 496 g/mol. The van der Waals surface area contributed by atoms with E-state index in [-0.39, 0.29) is 29.8 Å². The number of carbonyl (C=O) groups is 3. The van der Waals surface area contributed by atoms with Crippen molar-refractivity contribution in [3.8, 4) is 0 Å². The fraction of sp³-hybridized carbons (Fsp3) is 0.300. The van der Waals surface area contributed by atoms with Gasteiger partial charge in [0.2, 0.25) is 17.7 Å². The van der Waals surface area contributed by atoms with Gasteiger partial charge in [0.15, 0.2) is 0 Å². The summed E-state index contributed by atoms with van der Waals surface area (Å²) >= 11 is 0. The first kappa shape index (κ1) is 26.1. The quantitative estimate of drug-likeness (QED) is 0.352. The largest absolute Gasteiger partial charge is 0.326 e. The molecule has 0 spiro atoms. The van der Waals surface area contributed by atoms with Gasteiger partial charge in [-0.05, 0) is 53.8 Å². The van der Waals surface area contributed by atoms with E-state index in [0.717, 1.165) is 29.7 Å². The average molecular weight is 527 g/mol. The lowest BCUT2D eigenvalue weighted by atomic mass is 9.92. The zero-order valence-electron chi connectivity index (χ0n) is 21.8. The summed E-state index contributed by atoms with van der Waals surface area (Å²) in [6.45, 7) is 1.00. The Hall–Kier alpha value is -4.53. The van der Waals surface area contributed by atoms with Crippen molar-refractivity contribution in [1.29, 1.82) is 0 Å². The highest BCUT2D eigenvalue weighted by molar-refractivity contribution is 6.00. The van der Waals surface area contributed by atoms with Gasteiger partial charge in [-0.2, -0.15) is 0 Å². The molecule has 0 saturated carbocycles. The molecule has 9 heteroatoms. The number of hydrogen-bond acceptors (Lipinski definition) is 5. The van der Waals surface area contributed by atoms with Crippen LogP contribution < -0.4 is 9.80 Å². The second-order valence-electron chi connectivity index (χ2n) is 10.0. The molecular formula is C30H30N4O5. The van der Waals surface area contributed by atoms with Crippen molar-refractivity contribution in [2.45, 2.75) is 44.7 Å². The van der Waals surface area contributed by atoms with Crippen molar-refractivity contribution in [2.24, 2.45) is 0 Å². The maximum Gasteiger partial charge on any atom is 0.269 e. The van der Waals surface area contributed by atoms with Crippen LogP contribution in [0.15, 0.2) is 72.8 Å². The van der Waals surface area contributed by atoms with E-state index in [1.807, 2.05) is 48.5 Å². The second kappa shape index (κ2) is 11.1. The first-order valence-electron chi connectivity index (χ1n) is 13.1. The van der Waals surface area contributed by atoms with Gasteiger partial charge < -0.3 is 14.7 Å². The third-order valence-electron chi connectivity index (χ3n) is 7.56. The Morgan fingerprint density at radius 3 is 2.33 bits per heavy atom. The summed E-state index contributed by atoms with van der Waals surface area (Å²) in [4.78, 5) is 55.1. The van der Waals surface area contributed by atoms with Crippen LogP contribution in [-0.4, -0.2) is 47.2 Å². The molecule has 3 aromatic carbocycles. The molecule has 0 unspecified atom stereocenters. The maximum absolute atomic E-state index is 13.8. The van der Waals surface area contributed by atoms with Crippen molar-refractivity contribution < 1.29 is 19.3 Å². The van der Waals surface area contributed by atoms with Crippen molar-refractivity contribution in [1.82, 2.24) is 4.90 Å². The Bertz CT molecular complexity index is 1400. The van der Waals surface area contributed by atoms with Crippen LogP contribution in [0.4, 0.5) is 17.1 Å². The summed E-state index contributed by atoms with van der Waals surface area (Å²) in [5.74, 6) is -0.311. The van der Waals surface area contributed by atoms with Crippen LogP contribution in [0.5, 0.6) is 0 Å². The number of nitro benzene ring substituents is 1. The van der Waals surface area contributed by atoms with Gasteiger partial charge in [0.25, 0.3) is 5.69 Å². The zero-order chi connectivity index (χ0) is 27.5. The molecule has 0 bridgehead atoms. The Kier molecular flexibility index (Phi) is 7.40. The fourth-order valence-corrected chi connectivity index (χ4v) is 5.30. The molecule has 2 heterocycles. The third kappa shape index (κ3) is 5.52. The number of benzene rings is 3. The molecule has 0 aromatic heterocycles. The molecule has 3 amide bonds. The SMILES string of the molecule is CN(C(=O)[C@@H]1Cc2ccccc2CN1C(=O)Cc1ccc([N+](=O)[O-])cc1)c1ccc(N2CCCCC2=O)cc1. The van der Waals surface area contributed by atoms with Gasteiger partial charge in [-0.1, -0.05) is 36.4 Å². The lowest BCUT2D eigenvalue weighted by molar-refractivity contribution is -0.384. The normalized spacial score (nSPS) is 16.9. The average Bonchev–Trinajstić information content (AvgIpc) is 2.96. The Labute approximate surface area is 226 Å². The van der Waals surface area contributed by atoms with Crippen LogP contribution in [0, 0.1) is 10.1 Å². The molecule has 1 fully saturated rings. The first-order valence-corrected chi connectivity index (χ1v) is 13.1. The van der Waals surface area contributed by atoms with Gasteiger partial charge in [-0.25, -0.2) is 0 Å². The predicted molar refractivity (Wildman–Crippen MR) is 147 cm³/mol. The number of anilines is 2. The minimum absolute atomic E-state index is 0.0339. The van der Waals surface area contributed by atoms with E-state index in [0.29, 0.717) is 37.2 Å². The van der Waals surface area contributed by atoms with Crippen LogP contribution in [0.2, 0.25) is 0 Å². The van der Waals surface area contributed by atoms with E-state index >= 15 is 0 Å². The number of carbonyl (C=O) groups excluding carboxylic acids is 3. The van der Waals surface area contributed by atoms with E-state index in [2.05, 4.69) is 0 Å². The number of hydrogen-bond donors (Lipinski definition) is 0. The molecule has 39 heavy (non-hydrogen) atoms. The number of likely N-dealkylation sites (N-methyl/N-ethyl adjacent to an activating group) is 1. The van der Waals surface area contributed by atoms with E-state index in [1.165, 1.54) is 12.1 Å². The number of fused-ring (bicyclic) bond motifs is 1. The minimum atomic E-state index is -0.696. The van der Waals surface area contributed by atoms with E-state index in [4.69, 9.17) is 0 Å². The highest BCUT2D eigenvalue weighted by Crippen LogP contribution is 2.28. The first-order chi connectivity index (χ1) is 18.8. The van der Waals surface area contributed by atoms with Gasteiger partial charge in [-0.15, -0.1) is 0 Å². The molecule has 0 aliphatic carbocycles. The standard InChI is InChI=1S/C30H30N4O5/c1-31(24-13-15-25(16-14-24)32-17-5-4-8-28(32)35)30(37)27-19-22-6-2-3-7-23(22)20-33(27)29(36)18-21-9-11-26(12-10-21)34(38)39/h2-3,6-7,9-16,27H,4-5,8,17-20H2,1H3/t27-/m0/s1. The summed E-state index contributed by atoms with van der Waals surface area (Å²) in [5.41, 5.74) is 4.13. The molecule has 9 nitrogen and oxygen atoms in total. The summed E-state index contributed by atoms with van der Waals surface area (Å²) in [5, 5.41) is 11.0. The van der Waals surface area contributed by atoms with Crippen LogP contribution >= 0.6 is 0 Å². The van der Waals surface area contributed by atoms with Crippen LogP contribution in [0.3, 0.4) is 0 Å². The van der Waals surface area contributed by atoms with Gasteiger partial charge >= 0.3 is 0 Å². The highest BCUT2D eigenvalue weighted by Gasteiger charge is 2.36. The van der Waals surface area contributed by atoms with Crippen molar-refractivity contribution >= 4 is 34.8 Å². The van der Waals surface area contributed by atoms with E-state index in [1.54, 1.807) is 33.9 Å². The lowest BCUT2D eigenvalue weighted by Gasteiger charge is -2.38. The zero-order valence-corrected chi connectivity index (χ0v) is 21.8. The Morgan fingerprint density at radius 1 is 0.974 bits per heavy atom. The number of rotatable bonds is 6. The van der Waals surface area contributed by atoms with Crippen molar-refractivity contribution in [3.05, 3.63) is 99.6 Å². The number of nitro groups is 1. The summed E-state index contributed by atoms with van der Waals surface area (Å²) in [6.07, 6.45) is 2.86. The second-order valence-corrected chi connectivity index (χ2v) is 10.0. The predicted octanol–water partition coefficient (Wildman–Crippen LogP) is 4.27. The fourth-order valence-electron chi connectivity index (χ4n) is 5.30. The minimum Gasteiger partial charge on any atom is -0.326 e. The smallest absolute Gasteiger partial charge is 0.269 e.